The first-order valence-electron chi connectivity index (χ1n) is 7.83. The summed E-state index contributed by atoms with van der Waals surface area (Å²) in [5, 5.41) is 6.34. The Morgan fingerprint density at radius 3 is 2.55 bits per heavy atom. The van der Waals surface area contributed by atoms with Gasteiger partial charge < -0.3 is 10.2 Å². The van der Waals surface area contributed by atoms with E-state index in [4.69, 9.17) is 0 Å². The minimum atomic E-state index is 0.629. The zero-order chi connectivity index (χ0) is 13.8. The number of nitrogens with zero attached hydrogens (tertiary/aromatic N) is 1. The molecule has 1 saturated heterocycles. The normalized spacial score (nSPS) is 17.4. The summed E-state index contributed by atoms with van der Waals surface area (Å²) >= 11 is 0. The molecule has 1 aliphatic heterocycles. The van der Waals surface area contributed by atoms with Crippen molar-refractivity contribution in [2.75, 3.05) is 25.0 Å². The molecule has 1 N–H and O–H groups in total. The lowest BCUT2D eigenvalue weighted by molar-refractivity contribution is 0.219. The zero-order valence-corrected chi connectivity index (χ0v) is 12.3. The van der Waals surface area contributed by atoms with Gasteiger partial charge in [0.1, 0.15) is 0 Å². The summed E-state index contributed by atoms with van der Waals surface area (Å²) in [5.41, 5.74) is 1.26. The second kappa shape index (κ2) is 6.27. The van der Waals surface area contributed by atoms with Gasteiger partial charge in [-0.25, -0.2) is 0 Å². The minimum absolute atomic E-state index is 0.629. The van der Waals surface area contributed by atoms with Crippen LogP contribution in [0.3, 0.4) is 0 Å². The Morgan fingerprint density at radius 2 is 1.80 bits per heavy atom. The van der Waals surface area contributed by atoms with E-state index in [1.165, 1.54) is 55.4 Å². The fourth-order valence-electron chi connectivity index (χ4n) is 3.13. The van der Waals surface area contributed by atoms with Crippen molar-refractivity contribution in [3.8, 4) is 0 Å². The van der Waals surface area contributed by atoms with Crippen molar-refractivity contribution in [1.29, 1.82) is 0 Å². The van der Waals surface area contributed by atoms with Gasteiger partial charge in [-0.3, -0.25) is 0 Å². The highest BCUT2D eigenvalue weighted by Crippen LogP contribution is 2.21. The topological polar surface area (TPSA) is 15.3 Å². The molecule has 0 aromatic heterocycles. The van der Waals surface area contributed by atoms with E-state index in [-0.39, 0.29) is 0 Å². The Hall–Kier alpha value is -1.54. The van der Waals surface area contributed by atoms with E-state index in [1.54, 1.807) is 0 Å². The van der Waals surface area contributed by atoms with Crippen molar-refractivity contribution >= 4 is 16.5 Å². The quantitative estimate of drug-likeness (QED) is 0.897. The van der Waals surface area contributed by atoms with E-state index in [1.807, 2.05) is 0 Å². The molecular formula is C18H24N2. The third-order valence-electron chi connectivity index (χ3n) is 4.25. The van der Waals surface area contributed by atoms with Crippen LogP contribution in [-0.4, -0.2) is 30.6 Å². The van der Waals surface area contributed by atoms with Gasteiger partial charge in [0.15, 0.2) is 0 Å². The van der Waals surface area contributed by atoms with Gasteiger partial charge in [0, 0.05) is 24.8 Å². The van der Waals surface area contributed by atoms with Crippen LogP contribution in [0.25, 0.3) is 10.8 Å². The van der Waals surface area contributed by atoms with Crippen molar-refractivity contribution in [3.63, 3.8) is 0 Å². The van der Waals surface area contributed by atoms with E-state index in [2.05, 4.69) is 59.6 Å². The molecule has 2 nitrogen and oxygen atoms in total. The molecule has 106 valence electrons. The molecule has 0 spiro atoms. The third-order valence-corrected chi connectivity index (χ3v) is 4.25. The molecule has 1 aliphatic rings. The third kappa shape index (κ3) is 3.13. The lowest BCUT2D eigenvalue weighted by Gasteiger charge is -2.32. The average Bonchev–Trinajstić information content (AvgIpc) is 2.49. The summed E-state index contributed by atoms with van der Waals surface area (Å²) in [6, 6.07) is 15.9. The Labute approximate surface area is 121 Å². The van der Waals surface area contributed by atoms with Gasteiger partial charge in [-0.1, -0.05) is 37.3 Å². The van der Waals surface area contributed by atoms with E-state index in [0.717, 1.165) is 0 Å². The number of anilines is 1. The van der Waals surface area contributed by atoms with Crippen molar-refractivity contribution in [1.82, 2.24) is 4.90 Å². The minimum Gasteiger partial charge on any atom is -0.382 e. The number of hydrogen-bond acceptors (Lipinski definition) is 2. The average molecular weight is 268 g/mol. The summed E-state index contributed by atoms with van der Waals surface area (Å²) in [4.78, 5) is 2.58. The van der Waals surface area contributed by atoms with Gasteiger partial charge in [-0.2, -0.15) is 0 Å². The van der Waals surface area contributed by atoms with Crippen LogP contribution < -0.4 is 5.32 Å². The number of fused-ring (bicyclic) bond motifs is 1. The first-order chi connectivity index (χ1) is 9.85. The molecule has 0 unspecified atom stereocenters. The molecule has 0 radical (unpaired) electrons. The molecule has 3 rings (SSSR count). The fraction of sp³-hybridized carbons (Fsp3) is 0.444. The Morgan fingerprint density at radius 1 is 1.05 bits per heavy atom. The summed E-state index contributed by atoms with van der Waals surface area (Å²) in [6.45, 7) is 5.99. The highest BCUT2D eigenvalue weighted by Gasteiger charge is 2.18. The molecule has 0 aliphatic carbocycles. The molecule has 0 bridgehead atoms. The van der Waals surface area contributed by atoms with Crippen LogP contribution >= 0.6 is 0 Å². The summed E-state index contributed by atoms with van der Waals surface area (Å²) < 4.78 is 0. The maximum Gasteiger partial charge on any atom is 0.0348 e. The zero-order valence-electron chi connectivity index (χ0n) is 12.3. The van der Waals surface area contributed by atoms with E-state index in [0.29, 0.717) is 6.04 Å². The molecule has 0 amide bonds. The summed E-state index contributed by atoms with van der Waals surface area (Å²) in [7, 11) is 0. The van der Waals surface area contributed by atoms with Gasteiger partial charge in [0.25, 0.3) is 0 Å². The van der Waals surface area contributed by atoms with Gasteiger partial charge in [-0.15, -0.1) is 0 Å². The molecule has 1 fully saturated rings. The van der Waals surface area contributed by atoms with E-state index < -0.39 is 0 Å². The first-order valence-corrected chi connectivity index (χ1v) is 7.83. The van der Waals surface area contributed by atoms with Crippen LogP contribution in [0.5, 0.6) is 0 Å². The predicted octanol–water partition coefficient (Wildman–Crippen LogP) is 4.13. The Kier molecular flexibility index (Phi) is 4.22. The van der Waals surface area contributed by atoms with Crippen LogP contribution in [0.1, 0.15) is 26.2 Å². The SMILES string of the molecule is CCCN1CCC(Nc2ccc3ccccc3c2)CC1. The molecule has 20 heavy (non-hydrogen) atoms. The highest BCUT2D eigenvalue weighted by molar-refractivity contribution is 5.85. The van der Waals surface area contributed by atoms with Gasteiger partial charge >= 0.3 is 0 Å². The fourth-order valence-corrected chi connectivity index (χ4v) is 3.13. The molecule has 2 aromatic rings. The van der Waals surface area contributed by atoms with Crippen molar-refractivity contribution < 1.29 is 0 Å². The highest BCUT2D eigenvalue weighted by atomic mass is 15.1. The first kappa shape index (κ1) is 13.4. The molecule has 0 saturated carbocycles. The molecule has 0 atom stereocenters. The standard InChI is InChI=1S/C18H24N2/c1-2-11-20-12-9-17(10-13-20)19-18-8-7-15-5-3-4-6-16(15)14-18/h3-8,14,17,19H,2,9-13H2,1H3. The van der Waals surface area contributed by atoms with Crippen molar-refractivity contribution in [2.24, 2.45) is 0 Å². The lowest BCUT2D eigenvalue weighted by atomic mass is 10.0. The smallest absolute Gasteiger partial charge is 0.0348 e. The number of nitrogens with one attached hydrogen (secondary N) is 1. The number of likely N-dealkylation sites (tertiary alicyclic amines) is 1. The number of benzene rings is 2. The van der Waals surface area contributed by atoms with E-state index in [9.17, 15) is 0 Å². The Balaban J connectivity index is 1.62. The monoisotopic (exact) mass is 268 g/mol. The number of rotatable bonds is 4. The van der Waals surface area contributed by atoms with Crippen LogP contribution in [0.15, 0.2) is 42.5 Å². The van der Waals surface area contributed by atoms with Gasteiger partial charge in [0.2, 0.25) is 0 Å². The summed E-state index contributed by atoms with van der Waals surface area (Å²) in [6.07, 6.45) is 3.78. The number of hydrogen-bond donors (Lipinski definition) is 1. The maximum absolute atomic E-state index is 3.71. The Bertz CT molecular complexity index is 556. The number of piperidine rings is 1. The second-order valence-corrected chi connectivity index (χ2v) is 5.82. The molecule has 2 aromatic carbocycles. The molecule has 2 heteroatoms. The van der Waals surface area contributed by atoms with E-state index >= 15 is 0 Å². The van der Waals surface area contributed by atoms with Gasteiger partial charge in [-0.05, 0) is 48.7 Å². The second-order valence-electron chi connectivity index (χ2n) is 5.82. The van der Waals surface area contributed by atoms with Crippen LogP contribution in [0.2, 0.25) is 0 Å². The van der Waals surface area contributed by atoms with Crippen LogP contribution in [-0.2, 0) is 0 Å². The molecule has 1 heterocycles. The molecular weight excluding hydrogens is 244 g/mol. The lowest BCUT2D eigenvalue weighted by Crippen LogP contribution is -2.39. The maximum atomic E-state index is 3.71. The summed E-state index contributed by atoms with van der Waals surface area (Å²) in [5.74, 6) is 0. The largest absolute Gasteiger partial charge is 0.382 e. The van der Waals surface area contributed by atoms with Crippen molar-refractivity contribution in [3.05, 3.63) is 42.5 Å². The van der Waals surface area contributed by atoms with Crippen molar-refractivity contribution in [2.45, 2.75) is 32.2 Å². The van der Waals surface area contributed by atoms with Crippen LogP contribution in [0, 0.1) is 0 Å². The van der Waals surface area contributed by atoms with Gasteiger partial charge in [0.05, 0.1) is 0 Å². The predicted molar refractivity (Wildman–Crippen MR) is 87.3 cm³/mol. The van der Waals surface area contributed by atoms with Crippen LogP contribution in [0.4, 0.5) is 5.69 Å².